The molecule has 0 amide bonds. The van der Waals surface area contributed by atoms with Gasteiger partial charge in [0, 0.05) is 0 Å². The minimum absolute atomic E-state index is 0.190. The van der Waals surface area contributed by atoms with E-state index in [0.29, 0.717) is 0 Å². The average molecular weight is 210 g/mol. The number of halogens is 1. The fourth-order valence-electron chi connectivity index (χ4n) is 1.42. The average Bonchev–Trinajstić information content (AvgIpc) is 2.17. The van der Waals surface area contributed by atoms with Crippen LogP contribution in [0.3, 0.4) is 0 Å². The first-order valence-electron chi connectivity index (χ1n) is 4.51. The second-order valence-corrected chi connectivity index (χ2v) is 4.01. The summed E-state index contributed by atoms with van der Waals surface area (Å²) in [4.78, 5) is 5.24. The van der Waals surface area contributed by atoms with Gasteiger partial charge in [0.2, 0.25) is 0 Å². The number of aliphatic imine (C=N–C) groups is 1. The molecule has 0 aliphatic carbocycles. The topological polar surface area (TPSA) is 24.4 Å². The Labute approximate surface area is 86.8 Å². The zero-order chi connectivity index (χ0) is 10.1. The molecule has 0 unspecified atom stereocenters. The first kappa shape index (κ1) is 9.52. The Morgan fingerprint density at radius 2 is 2.29 bits per heavy atom. The van der Waals surface area contributed by atoms with Crippen LogP contribution in [-0.2, 0) is 6.42 Å². The van der Waals surface area contributed by atoms with Crippen molar-refractivity contribution in [1.29, 1.82) is 0 Å². The number of amidine groups is 1. The van der Waals surface area contributed by atoms with E-state index in [-0.39, 0.29) is 5.82 Å². The lowest BCUT2D eigenvalue weighted by Crippen LogP contribution is -2.14. The number of hydrogen-bond donors (Lipinski definition) is 1. The molecule has 0 radical (unpaired) electrons. The van der Waals surface area contributed by atoms with E-state index in [1.165, 1.54) is 18.0 Å². The van der Waals surface area contributed by atoms with Crippen molar-refractivity contribution in [3.8, 4) is 0 Å². The summed E-state index contributed by atoms with van der Waals surface area (Å²) in [6.07, 6.45) is 0.803. The first-order chi connectivity index (χ1) is 6.70. The SMILES string of the molecule is CCc1cc(F)cc2c1N=C(C)NS2. The summed E-state index contributed by atoms with van der Waals surface area (Å²) < 4.78 is 16.2. The van der Waals surface area contributed by atoms with E-state index < -0.39 is 0 Å². The van der Waals surface area contributed by atoms with Crippen molar-refractivity contribution in [3.63, 3.8) is 0 Å². The van der Waals surface area contributed by atoms with E-state index in [9.17, 15) is 4.39 Å². The van der Waals surface area contributed by atoms with Crippen LogP contribution in [-0.4, -0.2) is 5.84 Å². The molecular weight excluding hydrogens is 199 g/mol. The maximum atomic E-state index is 13.1. The van der Waals surface area contributed by atoms with Gasteiger partial charge in [0.1, 0.15) is 11.7 Å². The zero-order valence-electron chi connectivity index (χ0n) is 8.10. The smallest absolute Gasteiger partial charge is 0.124 e. The van der Waals surface area contributed by atoms with E-state index in [1.807, 2.05) is 13.8 Å². The monoisotopic (exact) mass is 210 g/mol. The lowest BCUT2D eigenvalue weighted by atomic mass is 10.1. The summed E-state index contributed by atoms with van der Waals surface area (Å²) in [6, 6.07) is 3.07. The van der Waals surface area contributed by atoms with Gasteiger partial charge in [-0.05, 0) is 43.0 Å². The zero-order valence-corrected chi connectivity index (χ0v) is 8.91. The van der Waals surface area contributed by atoms with Crippen molar-refractivity contribution in [2.45, 2.75) is 25.2 Å². The number of hydrogen-bond acceptors (Lipinski definition) is 3. The normalized spacial score (nSPS) is 14.4. The van der Waals surface area contributed by atoms with Crippen LogP contribution in [0, 0.1) is 5.82 Å². The van der Waals surface area contributed by atoms with Gasteiger partial charge >= 0.3 is 0 Å². The lowest BCUT2D eigenvalue weighted by Gasteiger charge is -2.16. The van der Waals surface area contributed by atoms with Crippen molar-refractivity contribution in [1.82, 2.24) is 4.72 Å². The Balaban J connectivity index is 2.59. The lowest BCUT2D eigenvalue weighted by molar-refractivity contribution is 0.622. The van der Waals surface area contributed by atoms with Gasteiger partial charge in [0.25, 0.3) is 0 Å². The van der Waals surface area contributed by atoms with Crippen molar-refractivity contribution in [2.24, 2.45) is 4.99 Å². The van der Waals surface area contributed by atoms with Crippen LogP contribution >= 0.6 is 11.9 Å². The summed E-state index contributed by atoms with van der Waals surface area (Å²) in [7, 11) is 0. The van der Waals surface area contributed by atoms with Gasteiger partial charge in [-0.15, -0.1) is 0 Å². The predicted octanol–water partition coefficient (Wildman–Crippen LogP) is 3.05. The molecule has 1 aliphatic rings. The molecule has 0 fully saturated rings. The molecule has 0 spiro atoms. The molecule has 1 aromatic rings. The number of aryl methyl sites for hydroxylation is 1. The van der Waals surface area contributed by atoms with E-state index >= 15 is 0 Å². The van der Waals surface area contributed by atoms with E-state index in [1.54, 1.807) is 6.07 Å². The van der Waals surface area contributed by atoms with Gasteiger partial charge in [-0.2, -0.15) is 0 Å². The Hall–Kier alpha value is -1.03. The molecule has 2 rings (SSSR count). The van der Waals surface area contributed by atoms with E-state index in [0.717, 1.165) is 28.4 Å². The highest BCUT2D eigenvalue weighted by atomic mass is 32.2. The summed E-state index contributed by atoms with van der Waals surface area (Å²) in [5.41, 5.74) is 1.88. The minimum atomic E-state index is -0.190. The van der Waals surface area contributed by atoms with Crippen LogP contribution in [0.25, 0.3) is 0 Å². The molecular formula is C10H11FN2S. The molecule has 74 valence electrons. The maximum absolute atomic E-state index is 13.1. The molecule has 0 aromatic heterocycles. The molecule has 1 aliphatic heterocycles. The number of rotatable bonds is 1. The molecule has 0 saturated heterocycles. The van der Waals surface area contributed by atoms with Crippen LogP contribution in [0.15, 0.2) is 22.0 Å². The molecule has 0 saturated carbocycles. The second kappa shape index (κ2) is 3.61. The highest BCUT2D eigenvalue weighted by Gasteiger charge is 2.14. The van der Waals surface area contributed by atoms with Crippen LogP contribution in [0.2, 0.25) is 0 Å². The summed E-state index contributed by atoms with van der Waals surface area (Å²) in [5, 5.41) is 0. The maximum Gasteiger partial charge on any atom is 0.124 e. The summed E-state index contributed by atoms with van der Waals surface area (Å²) in [5.74, 6) is 0.675. The quantitative estimate of drug-likeness (QED) is 0.720. The molecule has 1 N–H and O–H groups in total. The van der Waals surface area contributed by atoms with Gasteiger partial charge in [-0.1, -0.05) is 6.92 Å². The second-order valence-electron chi connectivity index (χ2n) is 3.17. The Morgan fingerprint density at radius 1 is 1.50 bits per heavy atom. The Kier molecular flexibility index (Phi) is 2.46. The van der Waals surface area contributed by atoms with Gasteiger partial charge in [-0.3, -0.25) is 0 Å². The largest absolute Gasteiger partial charge is 0.314 e. The van der Waals surface area contributed by atoms with Crippen molar-refractivity contribution in [2.75, 3.05) is 0 Å². The van der Waals surface area contributed by atoms with Crippen LogP contribution in [0.4, 0.5) is 10.1 Å². The molecule has 4 heteroatoms. The molecule has 2 nitrogen and oxygen atoms in total. The van der Waals surface area contributed by atoms with Crippen LogP contribution in [0.1, 0.15) is 19.4 Å². The third-order valence-electron chi connectivity index (χ3n) is 2.09. The predicted molar refractivity (Wildman–Crippen MR) is 57.5 cm³/mol. The van der Waals surface area contributed by atoms with Crippen molar-refractivity contribution >= 4 is 23.5 Å². The van der Waals surface area contributed by atoms with Gasteiger partial charge in [-0.25, -0.2) is 9.38 Å². The fourth-order valence-corrected chi connectivity index (χ4v) is 2.17. The van der Waals surface area contributed by atoms with Crippen molar-refractivity contribution < 1.29 is 4.39 Å². The molecule has 1 heterocycles. The van der Waals surface area contributed by atoms with Gasteiger partial charge in [0.15, 0.2) is 0 Å². The third-order valence-corrected chi connectivity index (χ3v) is 3.02. The standard InChI is InChI=1S/C10H11FN2S/c1-3-7-4-8(11)5-9-10(7)12-6(2)13-14-9/h4-5H,3H2,1-2H3,(H,12,13). The number of benzene rings is 1. The Bertz CT molecular complexity index is 401. The summed E-state index contributed by atoms with van der Waals surface area (Å²) >= 11 is 1.42. The van der Waals surface area contributed by atoms with Gasteiger partial charge < -0.3 is 4.72 Å². The van der Waals surface area contributed by atoms with Gasteiger partial charge in [0.05, 0.1) is 10.6 Å². The van der Waals surface area contributed by atoms with Crippen LogP contribution < -0.4 is 4.72 Å². The molecule has 1 aromatic carbocycles. The molecule has 0 bridgehead atoms. The first-order valence-corrected chi connectivity index (χ1v) is 5.33. The fraction of sp³-hybridized carbons (Fsp3) is 0.300. The molecule has 0 atom stereocenters. The third kappa shape index (κ3) is 1.62. The minimum Gasteiger partial charge on any atom is -0.314 e. The number of fused-ring (bicyclic) bond motifs is 1. The summed E-state index contributed by atoms with van der Waals surface area (Å²) in [6.45, 7) is 3.91. The van der Waals surface area contributed by atoms with Crippen LogP contribution in [0.5, 0.6) is 0 Å². The Morgan fingerprint density at radius 3 is 3.00 bits per heavy atom. The highest BCUT2D eigenvalue weighted by Crippen LogP contribution is 2.35. The number of nitrogens with zero attached hydrogens (tertiary/aromatic N) is 1. The number of nitrogens with one attached hydrogen (secondary N) is 1. The van der Waals surface area contributed by atoms with Crippen molar-refractivity contribution in [3.05, 3.63) is 23.5 Å². The van der Waals surface area contributed by atoms with E-state index in [2.05, 4.69) is 9.71 Å². The molecule has 14 heavy (non-hydrogen) atoms. The highest BCUT2D eigenvalue weighted by molar-refractivity contribution is 7.98. The van der Waals surface area contributed by atoms with E-state index in [4.69, 9.17) is 0 Å².